The molecule has 0 saturated carbocycles. The molecule has 21 heavy (non-hydrogen) atoms. The van der Waals surface area contributed by atoms with E-state index in [2.05, 4.69) is 53.9 Å². The van der Waals surface area contributed by atoms with Crippen LogP contribution in [-0.4, -0.2) is 32.3 Å². The van der Waals surface area contributed by atoms with Crippen LogP contribution in [0, 0.1) is 11.5 Å². The minimum Gasteiger partial charge on any atom is -0.312 e. The van der Waals surface area contributed by atoms with Gasteiger partial charge in [0, 0.05) is 12.1 Å². The van der Waals surface area contributed by atoms with E-state index in [1.807, 2.05) is 30.3 Å². The Balaban J connectivity index is 0.000000270. The van der Waals surface area contributed by atoms with Gasteiger partial charge in [-0.25, -0.2) is 0 Å². The zero-order chi connectivity index (χ0) is 15.7. The highest BCUT2D eigenvalue weighted by molar-refractivity contribution is 5.40. The predicted octanol–water partition coefficient (Wildman–Crippen LogP) is 1.95. The Morgan fingerprint density at radius 1 is 1.10 bits per heavy atom. The van der Waals surface area contributed by atoms with Gasteiger partial charge in [0.25, 0.3) is 5.95 Å². The fourth-order valence-electron chi connectivity index (χ4n) is 1.72. The fraction of sp³-hybridized carbons (Fsp3) is 0.429. The van der Waals surface area contributed by atoms with Crippen molar-refractivity contribution in [3.8, 4) is 11.9 Å². The average Bonchev–Trinajstić information content (AvgIpc) is 2.87. The quantitative estimate of drug-likeness (QED) is 0.659. The molecule has 0 amide bonds. The number of anilines is 1. The van der Waals surface area contributed by atoms with Crippen LogP contribution in [0.1, 0.15) is 27.7 Å². The van der Waals surface area contributed by atoms with Gasteiger partial charge < -0.3 is 5.32 Å². The van der Waals surface area contributed by atoms with E-state index in [0.29, 0.717) is 18.0 Å². The number of hydrogen-bond acceptors (Lipinski definition) is 6. The number of nitrogens with one attached hydrogen (secondary N) is 2. The predicted molar refractivity (Wildman–Crippen MR) is 81.8 cm³/mol. The van der Waals surface area contributed by atoms with Crippen molar-refractivity contribution in [1.82, 2.24) is 25.5 Å². The molecule has 0 saturated heterocycles. The molecule has 0 bridgehead atoms. The second kappa shape index (κ2) is 8.66. The first-order chi connectivity index (χ1) is 10.0. The van der Waals surface area contributed by atoms with Gasteiger partial charge in [0.2, 0.25) is 0 Å². The van der Waals surface area contributed by atoms with Crippen molar-refractivity contribution in [1.29, 1.82) is 5.26 Å². The third kappa shape index (κ3) is 6.01. The summed E-state index contributed by atoms with van der Waals surface area (Å²) in [5, 5.41) is 25.0. The SMILES string of the molecule is CC(C)NC(C)C.N#CNc1nnnn1-c1ccccc1. The first-order valence-electron chi connectivity index (χ1n) is 6.79. The summed E-state index contributed by atoms with van der Waals surface area (Å²) in [6, 6.07) is 10.6. The molecule has 0 atom stereocenters. The molecule has 0 aliphatic rings. The normalized spacial score (nSPS) is 9.95. The van der Waals surface area contributed by atoms with Crippen LogP contribution >= 0.6 is 0 Å². The largest absolute Gasteiger partial charge is 0.312 e. The summed E-state index contributed by atoms with van der Waals surface area (Å²) in [5.41, 5.74) is 0.801. The van der Waals surface area contributed by atoms with Crippen LogP contribution in [0.4, 0.5) is 5.95 Å². The number of para-hydroxylation sites is 1. The molecular formula is C14H21N7. The standard InChI is InChI=1S/C8H6N6.C6H15N/c9-6-10-8-11-12-13-14(8)7-4-2-1-3-5-7;1-5(2)7-6(3)4/h1-5H,(H,10,11,13);5-7H,1-4H3. The Kier molecular flexibility index (Phi) is 6.84. The third-order valence-electron chi connectivity index (χ3n) is 2.30. The fourth-order valence-corrected chi connectivity index (χ4v) is 1.72. The van der Waals surface area contributed by atoms with E-state index in [9.17, 15) is 0 Å². The summed E-state index contributed by atoms with van der Waals surface area (Å²) in [5.74, 6) is 0.304. The van der Waals surface area contributed by atoms with Crippen LogP contribution in [0.25, 0.3) is 5.69 Å². The van der Waals surface area contributed by atoms with Crippen LogP contribution in [0.3, 0.4) is 0 Å². The summed E-state index contributed by atoms with van der Waals surface area (Å²) in [6.45, 7) is 8.61. The van der Waals surface area contributed by atoms with E-state index in [1.54, 1.807) is 6.19 Å². The number of aromatic nitrogens is 4. The molecule has 2 aromatic rings. The molecule has 1 aromatic heterocycles. The number of tetrazole rings is 1. The first-order valence-corrected chi connectivity index (χ1v) is 6.79. The molecule has 7 heteroatoms. The Bertz CT molecular complexity index is 548. The number of hydrogen-bond donors (Lipinski definition) is 2. The summed E-state index contributed by atoms with van der Waals surface area (Å²) < 4.78 is 1.45. The second-order valence-corrected chi connectivity index (χ2v) is 4.96. The summed E-state index contributed by atoms with van der Waals surface area (Å²) in [4.78, 5) is 0. The van der Waals surface area contributed by atoms with Crippen molar-refractivity contribution in [2.75, 3.05) is 5.32 Å². The second-order valence-electron chi connectivity index (χ2n) is 4.96. The average molecular weight is 287 g/mol. The highest BCUT2D eigenvalue weighted by Gasteiger charge is 2.05. The Morgan fingerprint density at radius 3 is 2.19 bits per heavy atom. The number of nitrogens with zero attached hydrogens (tertiary/aromatic N) is 5. The molecule has 0 fully saturated rings. The molecule has 112 valence electrons. The first kappa shape index (κ1) is 16.6. The number of nitriles is 1. The van der Waals surface area contributed by atoms with E-state index in [1.165, 1.54) is 4.68 Å². The lowest BCUT2D eigenvalue weighted by Crippen LogP contribution is -2.29. The van der Waals surface area contributed by atoms with Gasteiger partial charge in [-0.15, -0.1) is 0 Å². The van der Waals surface area contributed by atoms with E-state index >= 15 is 0 Å². The lowest BCUT2D eigenvalue weighted by Gasteiger charge is -2.10. The van der Waals surface area contributed by atoms with Crippen LogP contribution in [0.15, 0.2) is 30.3 Å². The van der Waals surface area contributed by atoms with Crippen LogP contribution in [0.2, 0.25) is 0 Å². The van der Waals surface area contributed by atoms with Crippen molar-refractivity contribution >= 4 is 5.95 Å². The Hall–Kier alpha value is -2.46. The van der Waals surface area contributed by atoms with Gasteiger partial charge in [-0.1, -0.05) is 51.0 Å². The molecule has 2 N–H and O–H groups in total. The van der Waals surface area contributed by atoms with Crippen molar-refractivity contribution < 1.29 is 0 Å². The lowest BCUT2D eigenvalue weighted by atomic mass is 10.3. The summed E-state index contributed by atoms with van der Waals surface area (Å²) in [7, 11) is 0. The maximum atomic E-state index is 8.44. The van der Waals surface area contributed by atoms with Crippen molar-refractivity contribution in [3.05, 3.63) is 30.3 Å². The topological polar surface area (TPSA) is 91.4 Å². The number of rotatable bonds is 4. The lowest BCUT2D eigenvalue weighted by molar-refractivity contribution is 0.518. The molecule has 2 rings (SSSR count). The van der Waals surface area contributed by atoms with Crippen molar-refractivity contribution in [3.63, 3.8) is 0 Å². The summed E-state index contributed by atoms with van der Waals surface area (Å²) >= 11 is 0. The van der Waals surface area contributed by atoms with Gasteiger partial charge in [-0.3, -0.25) is 5.32 Å². The van der Waals surface area contributed by atoms with Crippen molar-refractivity contribution in [2.24, 2.45) is 0 Å². The van der Waals surface area contributed by atoms with E-state index in [4.69, 9.17) is 5.26 Å². The molecule has 0 aliphatic heterocycles. The monoisotopic (exact) mass is 287 g/mol. The minimum absolute atomic E-state index is 0.304. The van der Waals surface area contributed by atoms with Crippen LogP contribution in [-0.2, 0) is 0 Å². The van der Waals surface area contributed by atoms with E-state index in [0.717, 1.165) is 5.69 Å². The minimum atomic E-state index is 0.304. The molecule has 7 nitrogen and oxygen atoms in total. The highest BCUT2D eigenvalue weighted by atomic mass is 15.6. The Morgan fingerprint density at radius 2 is 1.71 bits per heavy atom. The maximum Gasteiger partial charge on any atom is 0.260 e. The van der Waals surface area contributed by atoms with E-state index < -0.39 is 0 Å². The zero-order valence-corrected chi connectivity index (χ0v) is 12.8. The van der Waals surface area contributed by atoms with Crippen LogP contribution < -0.4 is 10.6 Å². The van der Waals surface area contributed by atoms with Crippen LogP contribution in [0.5, 0.6) is 0 Å². The zero-order valence-electron chi connectivity index (χ0n) is 12.8. The third-order valence-corrected chi connectivity index (χ3v) is 2.30. The molecular weight excluding hydrogens is 266 g/mol. The molecule has 1 heterocycles. The smallest absolute Gasteiger partial charge is 0.260 e. The summed E-state index contributed by atoms with van der Waals surface area (Å²) in [6.07, 6.45) is 1.77. The maximum absolute atomic E-state index is 8.44. The Labute approximate surface area is 125 Å². The van der Waals surface area contributed by atoms with Gasteiger partial charge in [-0.2, -0.15) is 9.94 Å². The van der Waals surface area contributed by atoms with Gasteiger partial charge in [0.1, 0.15) is 0 Å². The van der Waals surface area contributed by atoms with E-state index in [-0.39, 0.29) is 0 Å². The molecule has 0 aliphatic carbocycles. The molecule has 0 radical (unpaired) electrons. The highest BCUT2D eigenvalue weighted by Crippen LogP contribution is 2.09. The van der Waals surface area contributed by atoms with Gasteiger partial charge in [0.15, 0.2) is 6.19 Å². The van der Waals surface area contributed by atoms with Gasteiger partial charge in [0.05, 0.1) is 5.69 Å². The van der Waals surface area contributed by atoms with Gasteiger partial charge >= 0.3 is 0 Å². The number of benzene rings is 1. The molecule has 0 unspecified atom stereocenters. The molecule has 1 aromatic carbocycles. The van der Waals surface area contributed by atoms with Gasteiger partial charge in [-0.05, 0) is 22.6 Å². The molecule has 0 spiro atoms. The van der Waals surface area contributed by atoms with Crippen molar-refractivity contribution in [2.45, 2.75) is 39.8 Å².